The van der Waals surface area contributed by atoms with Gasteiger partial charge in [0.1, 0.15) is 0 Å². The van der Waals surface area contributed by atoms with Crippen LogP contribution in [0, 0.1) is 12.3 Å². The predicted octanol–water partition coefficient (Wildman–Crippen LogP) is 3.77. The first-order valence-electron chi connectivity index (χ1n) is 6.47. The lowest BCUT2D eigenvalue weighted by molar-refractivity contribution is 0.0932. The van der Waals surface area contributed by atoms with E-state index in [1.165, 1.54) is 0 Å². The summed E-state index contributed by atoms with van der Waals surface area (Å²) in [6.45, 7) is 6.87. The van der Waals surface area contributed by atoms with Crippen LogP contribution in [0.1, 0.15) is 42.6 Å². The van der Waals surface area contributed by atoms with Crippen molar-refractivity contribution in [3.05, 3.63) is 35.4 Å². The van der Waals surface area contributed by atoms with Gasteiger partial charge in [-0.3, -0.25) is 4.79 Å². The Balaban J connectivity index is 2.63. The minimum Gasteiger partial charge on any atom is -0.351 e. The Bertz CT molecular complexity index is 374. The number of benzene rings is 1. The van der Waals surface area contributed by atoms with Crippen molar-refractivity contribution in [2.75, 3.05) is 12.4 Å². The molecule has 0 aliphatic heterocycles. The van der Waals surface area contributed by atoms with Gasteiger partial charge in [-0.2, -0.15) is 0 Å². The van der Waals surface area contributed by atoms with Crippen LogP contribution in [0.5, 0.6) is 0 Å². The Morgan fingerprint density at radius 3 is 2.22 bits per heavy atom. The summed E-state index contributed by atoms with van der Waals surface area (Å²) < 4.78 is 0. The van der Waals surface area contributed by atoms with Crippen molar-refractivity contribution in [1.82, 2.24) is 5.32 Å². The molecule has 0 heterocycles. The molecule has 2 nitrogen and oxygen atoms in total. The molecule has 0 atom stereocenters. The third-order valence-electron chi connectivity index (χ3n) is 3.72. The van der Waals surface area contributed by atoms with E-state index in [1.54, 1.807) is 0 Å². The molecule has 1 aromatic rings. The van der Waals surface area contributed by atoms with Gasteiger partial charge in [0.25, 0.3) is 5.91 Å². The topological polar surface area (TPSA) is 29.1 Å². The maximum atomic E-state index is 12.0. The molecule has 0 saturated heterocycles. The number of carbonyl (C=O) groups is 1. The van der Waals surface area contributed by atoms with Crippen LogP contribution in [0.2, 0.25) is 0 Å². The van der Waals surface area contributed by atoms with E-state index in [4.69, 9.17) is 11.6 Å². The van der Waals surface area contributed by atoms with E-state index in [9.17, 15) is 4.79 Å². The fourth-order valence-electron chi connectivity index (χ4n) is 1.81. The van der Waals surface area contributed by atoms with Crippen molar-refractivity contribution >= 4 is 17.5 Å². The second-order valence-electron chi connectivity index (χ2n) is 4.89. The van der Waals surface area contributed by atoms with Crippen LogP contribution in [-0.4, -0.2) is 18.3 Å². The molecule has 0 fully saturated rings. The average molecular weight is 268 g/mol. The zero-order valence-corrected chi connectivity index (χ0v) is 12.2. The molecule has 3 heteroatoms. The standard InChI is InChI=1S/C15H22ClNO/c1-4-15(5-2,10-16)11-17-14(18)13-8-6-12(3)7-9-13/h6-9H,4-5,10-11H2,1-3H3,(H,17,18). The van der Waals surface area contributed by atoms with E-state index in [2.05, 4.69) is 19.2 Å². The Labute approximate surface area is 115 Å². The van der Waals surface area contributed by atoms with Gasteiger partial charge in [0.15, 0.2) is 0 Å². The molecule has 1 N–H and O–H groups in total. The van der Waals surface area contributed by atoms with Crippen molar-refractivity contribution in [2.24, 2.45) is 5.41 Å². The summed E-state index contributed by atoms with van der Waals surface area (Å²) in [6.07, 6.45) is 1.95. The molecule has 0 aliphatic carbocycles. The van der Waals surface area contributed by atoms with E-state index in [0.717, 1.165) is 18.4 Å². The van der Waals surface area contributed by atoms with Crippen LogP contribution in [-0.2, 0) is 0 Å². The van der Waals surface area contributed by atoms with E-state index < -0.39 is 0 Å². The van der Waals surface area contributed by atoms with Crippen molar-refractivity contribution in [3.63, 3.8) is 0 Å². The number of hydrogen-bond donors (Lipinski definition) is 1. The Morgan fingerprint density at radius 1 is 1.22 bits per heavy atom. The smallest absolute Gasteiger partial charge is 0.251 e. The summed E-state index contributed by atoms with van der Waals surface area (Å²) in [5.41, 5.74) is 1.88. The first-order chi connectivity index (χ1) is 8.56. The Kier molecular flexibility index (Phi) is 5.67. The van der Waals surface area contributed by atoms with Crippen LogP contribution in [0.25, 0.3) is 0 Å². The molecule has 0 unspecified atom stereocenters. The monoisotopic (exact) mass is 267 g/mol. The molecule has 1 amide bonds. The summed E-state index contributed by atoms with van der Waals surface area (Å²) in [4.78, 5) is 12.0. The Morgan fingerprint density at radius 2 is 1.78 bits per heavy atom. The fraction of sp³-hybridized carbons (Fsp3) is 0.533. The van der Waals surface area contributed by atoms with Crippen molar-refractivity contribution in [3.8, 4) is 0 Å². The van der Waals surface area contributed by atoms with Crippen molar-refractivity contribution in [1.29, 1.82) is 0 Å². The van der Waals surface area contributed by atoms with Gasteiger partial charge in [-0.15, -0.1) is 11.6 Å². The molecular formula is C15H22ClNO. The highest BCUT2D eigenvalue weighted by molar-refractivity contribution is 6.18. The first kappa shape index (κ1) is 15.0. The van der Waals surface area contributed by atoms with Crippen molar-refractivity contribution in [2.45, 2.75) is 33.6 Å². The predicted molar refractivity (Wildman–Crippen MR) is 77.2 cm³/mol. The Hall–Kier alpha value is -1.02. The minimum absolute atomic E-state index is 0.0158. The zero-order chi connectivity index (χ0) is 13.6. The summed E-state index contributed by atoms with van der Waals surface area (Å²) in [5, 5.41) is 2.99. The quantitative estimate of drug-likeness (QED) is 0.781. The third-order valence-corrected chi connectivity index (χ3v) is 4.29. The first-order valence-corrected chi connectivity index (χ1v) is 7.01. The second kappa shape index (κ2) is 6.79. The third kappa shape index (κ3) is 3.74. The van der Waals surface area contributed by atoms with Gasteiger partial charge in [-0.25, -0.2) is 0 Å². The SMILES string of the molecule is CCC(CC)(CCl)CNC(=O)c1ccc(C)cc1. The number of alkyl halides is 1. The number of halogens is 1. The molecule has 100 valence electrons. The van der Waals surface area contributed by atoms with Crippen LogP contribution in [0.3, 0.4) is 0 Å². The lowest BCUT2D eigenvalue weighted by Crippen LogP contribution is -2.38. The van der Waals surface area contributed by atoms with Gasteiger partial charge in [0.2, 0.25) is 0 Å². The molecular weight excluding hydrogens is 246 g/mol. The fourth-order valence-corrected chi connectivity index (χ4v) is 2.28. The largest absolute Gasteiger partial charge is 0.351 e. The molecule has 0 saturated carbocycles. The average Bonchev–Trinajstić information content (AvgIpc) is 2.41. The van der Waals surface area contributed by atoms with Crippen LogP contribution < -0.4 is 5.32 Å². The van der Waals surface area contributed by atoms with Gasteiger partial charge in [-0.1, -0.05) is 31.5 Å². The normalized spacial score (nSPS) is 11.3. The molecule has 18 heavy (non-hydrogen) atoms. The molecule has 1 rings (SSSR count). The second-order valence-corrected chi connectivity index (χ2v) is 5.16. The van der Waals surface area contributed by atoms with Gasteiger partial charge in [-0.05, 0) is 31.9 Å². The van der Waals surface area contributed by atoms with Gasteiger partial charge < -0.3 is 5.32 Å². The zero-order valence-electron chi connectivity index (χ0n) is 11.4. The van der Waals surface area contributed by atoms with E-state index >= 15 is 0 Å². The highest BCUT2D eigenvalue weighted by Gasteiger charge is 2.25. The molecule has 0 aliphatic rings. The van der Waals surface area contributed by atoms with Crippen LogP contribution in [0.4, 0.5) is 0 Å². The van der Waals surface area contributed by atoms with Crippen LogP contribution in [0.15, 0.2) is 24.3 Å². The number of aryl methyl sites for hydroxylation is 1. The number of hydrogen-bond acceptors (Lipinski definition) is 1. The summed E-state index contributed by atoms with van der Waals surface area (Å²) in [5.74, 6) is 0.556. The van der Waals surface area contributed by atoms with E-state index in [-0.39, 0.29) is 11.3 Å². The maximum absolute atomic E-state index is 12.0. The lowest BCUT2D eigenvalue weighted by atomic mass is 9.84. The number of carbonyl (C=O) groups excluding carboxylic acids is 1. The molecule has 0 radical (unpaired) electrons. The number of rotatable bonds is 6. The van der Waals surface area contributed by atoms with Crippen LogP contribution >= 0.6 is 11.6 Å². The number of amides is 1. The van der Waals surface area contributed by atoms with Gasteiger partial charge in [0, 0.05) is 23.4 Å². The molecule has 0 spiro atoms. The van der Waals surface area contributed by atoms with E-state index in [0.29, 0.717) is 18.0 Å². The highest BCUT2D eigenvalue weighted by Crippen LogP contribution is 2.26. The molecule has 0 bridgehead atoms. The summed E-state index contributed by atoms with van der Waals surface area (Å²) in [7, 11) is 0. The summed E-state index contributed by atoms with van der Waals surface area (Å²) in [6, 6.07) is 7.60. The lowest BCUT2D eigenvalue weighted by Gasteiger charge is -2.29. The molecule has 1 aromatic carbocycles. The summed E-state index contributed by atoms with van der Waals surface area (Å²) >= 11 is 6.02. The maximum Gasteiger partial charge on any atom is 0.251 e. The van der Waals surface area contributed by atoms with Crippen molar-refractivity contribution < 1.29 is 4.79 Å². The van der Waals surface area contributed by atoms with Gasteiger partial charge >= 0.3 is 0 Å². The minimum atomic E-state index is -0.0219. The van der Waals surface area contributed by atoms with E-state index in [1.807, 2.05) is 31.2 Å². The molecule has 0 aromatic heterocycles. The highest BCUT2D eigenvalue weighted by atomic mass is 35.5. The van der Waals surface area contributed by atoms with Gasteiger partial charge in [0.05, 0.1) is 0 Å². The number of nitrogens with one attached hydrogen (secondary N) is 1.